The summed E-state index contributed by atoms with van der Waals surface area (Å²) in [6, 6.07) is 17.4. The van der Waals surface area contributed by atoms with Crippen LogP contribution in [0, 0.1) is 11.8 Å². The molecule has 326 valence electrons. The molecule has 2 aliphatic heterocycles. The standard InChI is InChI=1S/C49H66N4O6.ClH/c1-48(2)40-23-16-18-25-42(40)52(5)44(48)27-13-9-14-28-45-49(3,4)41-24-17-19-26-43(41)53(45)32-20-10-15-29-46(54)50-30-33-56-35-37-58-38-36-57-34-31-51-47(55)59-39-21-11-7-6-8-12-22-39;/h9,13-14,16-19,23-28,39H,6-8,10-11,15,20-21,29-38H2,1-5H3,(H-,50,51,54,55);1H. The van der Waals surface area contributed by atoms with Crippen molar-refractivity contribution in [3.63, 3.8) is 0 Å². The maximum absolute atomic E-state index is 12.5. The average Bonchev–Trinajstić information content (AvgIpc) is 3.54. The normalized spacial score (nSPS) is 18.4. The minimum atomic E-state index is -0.457. The molecule has 2 aromatic carbocycles. The Morgan fingerprint density at radius 3 is 2.23 bits per heavy atom. The van der Waals surface area contributed by atoms with Gasteiger partial charge in [-0.15, -0.1) is 0 Å². The number of halogens is 1. The number of allylic oxidation sites excluding steroid dienone is 6. The lowest BCUT2D eigenvalue weighted by Gasteiger charge is -2.27. The first-order valence-electron chi connectivity index (χ1n) is 21.7. The second kappa shape index (κ2) is 24.8. The van der Waals surface area contributed by atoms with E-state index in [4.69, 9.17) is 18.9 Å². The SMILES string of the molecule is C[N+]1=C(/C=C/C=C/C=C2\N(CCCCCC(=O)NCCOCCOCCOCCNC(=O)OC3C#CCCCCC3)c3ccccc3C2(C)C)C(C)(C)c2ccccc21.[Cl-]. The summed E-state index contributed by atoms with van der Waals surface area (Å²) in [5.74, 6) is 6.15. The Morgan fingerprint density at radius 2 is 1.48 bits per heavy atom. The van der Waals surface area contributed by atoms with Crippen LogP contribution in [-0.2, 0) is 34.6 Å². The topological polar surface area (TPSA) is 101 Å². The molecule has 2 amide bonds. The second-order valence-corrected chi connectivity index (χ2v) is 16.4. The summed E-state index contributed by atoms with van der Waals surface area (Å²) in [5.41, 5.74) is 7.66. The van der Waals surface area contributed by atoms with Crippen LogP contribution in [0.2, 0.25) is 0 Å². The van der Waals surface area contributed by atoms with E-state index in [1.807, 2.05) is 0 Å². The molecule has 11 heteroatoms. The minimum absolute atomic E-state index is 0. The molecule has 2 heterocycles. The van der Waals surface area contributed by atoms with E-state index in [0.29, 0.717) is 59.2 Å². The molecule has 0 spiro atoms. The molecular weight excluding hydrogens is 776 g/mol. The van der Waals surface area contributed by atoms with Crippen molar-refractivity contribution in [2.24, 2.45) is 0 Å². The summed E-state index contributed by atoms with van der Waals surface area (Å²) >= 11 is 0. The fraction of sp³-hybridized carbons (Fsp3) is 0.531. The highest BCUT2D eigenvalue weighted by molar-refractivity contribution is 6.03. The molecule has 0 fully saturated rings. The number of alkyl carbamates (subject to hydrolysis) is 1. The number of carbonyl (C=O) groups is 2. The molecule has 0 radical (unpaired) electrons. The molecule has 0 bridgehead atoms. The maximum Gasteiger partial charge on any atom is 0.408 e. The molecule has 0 saturated carbocycles. The van der Waals surface area contributed by atoms with Crippen LogP contribution < -0.4 is 27.9 Å². The molecule has 1 aliphatic carbocycles. The Morgan fingerprint density at radius 1 is 0.800 bits per heavy atom. The van der Waals surface area contributed by atoms with Crippen LogP contribution in [-0.4, -0.2) is 94.7 Å². The van der Waals surface area contributed by atoms with Gasteiger partial charge in [-0.2, -0.15) is 4.58 Å². The van der Waals surface area contributed by atoms with Gasteiger partial charge in [0.05, 0.1) is 45.1 Å². The van der Waals surface area contributed by atoms with E-state index in [1.165, 1.54) is 33.9 Å². The predicted molar refractivity (Wildman–Crippen MR) is 237 cm³/mol. The number of carbonyl (C=O) groups excluding carboxylic acids is 2. The molecular formula is C49H67ClN4O6. The van der Waals surface area contributed by atoms with Gasteiger partial charge in [0.2, 0.25) is 11.6 Å². The Labute approximate surface area is 365 Å². The number of hydrogen-bond donors (Lipinski definition) is 2. The number of hydrogen-bond acceptors (Lipinski definition) is 7. The van der Waals surface area contributed by atoms with Gasteiger partial charge in [0.25, 0.3) is 0 Å². The third-order valence-electron chi connectivity index (χ3n) is 11.4. The highest BCUT2D eigenvalue weighted by Gasteiger charge is 2.42. The van der Waals surface area contributed by atoms with Gasteiger partial charge >= 0.3 is 6.09 Å². The van der Waals surface area contributed by atoms with E-state index < -0.39 is 6.09 Å². The molecule has 1 atom stereocenters. The third kappa shape index (κ3) is 13.8. The lowest BCUT2D eigenvalue weighted by Crippen LogP contribution is -3.00. The summed E-state index contributed by atoms with van der Waals surface area (Å²) in [7, 11) is 2.15. The van der Waals surface area contributed by atoms with E-state index in [1.54, 1.807) is 0 Å². The van der Waals surface area contributed by atoms with Crippen molar-refractivity contribution in [1.29, 1.82) is 0 Å². The maximum atomic E-state index is 12.5. The van der Waals surface area contributed by atoms with Crippen LogP contribution >= 0.6 is 0 Å². The van der Waals surface area contributed by atoms with Crippen LogP contribution in [0.15, 0.2) is 84.6 Å². The Hall–Kier alpha value is -4.40. The lowest BCUT2D eigenvalue weighted by molar-refractivity contribution is -0.401. The zero-order valence-electron chi connectivity index (χ0n) is 36.5. The zero-order valence-corrected chi connectivity index (χ0v) is 37.3. The zero-order chi connectivity index (χ0) is 41.9. The molecule has 3 aliphatic rings. The number of nitrogens with one attached hydrogen (secondary N) is 2. The van der Waals surface area contributed by atoms with Crippen molar-refractivity contribution < 1.29 is 45.5 Å². The van der Waals surface area contributed by atoms with Gasteiger partial charge in [0.15, 0.2) is 11.8 Å². The van der Waals surface area contributed by atoms with Crippen molar-refractivity contribution in [3.05, 3.63) is 95.7 Å². The Bertz CT molecular complexity index is 1890. The summed E-state index contributed by atoms with van der Waals surface area (Å²) in [5, 5.41) is 5.67. The number of nitrogens with zero attached hydrogens (tertiary/aromatic N) is 2. The highest BCUT2D eigenvalue weighted by Crippen LogP contribution is 2.47. The quantitative estimate of drug-likeness (QED) is 0.0721. The monoisotopic (exact) mass is 842 g/mol. The number of unbranched alkanes of at least 4 members (excludes halogenated alkanes) is 2. The number of benzene rings is 2. The molecule has 2 aromatic rings. The molecule has 5 rings (SSSR count). The van der Waals surface area contributed by atoms with E-state index in [0.717, 1.165) is 57.9 Å². The van der Waals surface area contributed by atoms with Gasteiger partial charge in [-0.05, 0) is 63.7 Å². The van der Waals surface area contributed by atoms with Gasteiger partial charge in [0.1, 0.15) is 7.05 Å². The van der Waals surface area contributed by atoms with Crippen LogP contribution in [0.3, 0.4) is 0 Å². The molecule has 2 N–H and O–H groups in total. The lowest BCUT2D eigenvalue weighted by atomic mass is 9.81. The summed E-state index contributed by atoms with van der Waals surface area (Å²) in [6.07, 6.45) is 18.4. The highest BCUT2D eigenvalue weighted by atomic mass is 35.5. The van der Waals surface area contributed by atoms with Gasteiger partial charge < -0.3 is 46.9 Å². The summed E-state index contributed by atoms with van der Waals surface area (Å²) < 4.78 is 24.3. The van der Waals surface area contributed by atoms with Crippen molar-refractivity contribution in [1.82, 2.24) is 10.6 Å². The second-order valence-electron chi connectivity index (χ2n) is 16.4. The smallest absolute Gasteiger partial charge is 0.408 e. The Balaban J connectivity index is 0.00000794. The Kier molecular flexibility index (Phi) is 19.9. The fourth-order valence-electron chi connectivity index (χ4n) is 8.13. The first-order valence-corrected chi connectivity index (χ1v) is 21.7. The predicted octanol–water partition coefficient (Wildman–Crippen LogP) is 5.28. The number of amides is 2. The van der Waals surface area contributed by atoms with E-state index in [9.17, 15) is 9.59 Å². The van der Waals surface area contributed by atoms with Gasteiger partial charge in [-0.3, -0.25) is 4.79 Å². The van der Waals surface area contributed by atoms with Crippen molar-refractivity contribution >= 4 is 29.1 Å². The average molecular weight is 844 g/mol. The third-order valence-corrected chi connectivity index (χ3v) is 11.4. The van der Waals surface area contributed by atoms with Crippen LogP contribution in [0.25, 0.3) is 0 Å². The van der Waals surface area contributed by atoms with E-state index in [2.05, 4.69) is 146 Å². The largest absolute Gasteiger partial charge is 1.00 e. The number of rotatable bonds is 22. The van der Waals surface area contributed by atoms with Crippen LogP contribution in [0.5, 0.6) is 0 Å². The van der Waals surface area contributed by atoms with Crippen molar-refractivity contribution in [3.8, 4) is 11.8 Å². The first-order chi connectivity index (χ1) is 28.6. The van der Waals surface area contributed by atoms with Crippen molar-refractivity contribution in [2.45, 2.75) is 102 Å². The number of ether oxygens (including phenoxy) is 4. The number of anilines is 1. The van der Waals surface area contributed by atoms with Crippen molar-refractivity contribution in [2.75, 3.05) is 71.2 Å². The fourth-order valence-corrected chi connectivity index (χ4v) is 8.13. The summed E-state index contributed by atoms with van der Waals surface area (Å²) in [6.45, 7) is 13.5. The van der Waals surface area contributed by atoms with E-state index in [-0.39, 0.29) is 35.2 Å². The number of para-hydroxylation sites is 2. The molecule has 60 heavy (non-hydrogen) atoms. The summed E-state index contributed by atoms with van der Waals surface area (Å²) in [4.78, 5) is 26.9. The minimum Gasteiger partial charge on any atom is -1.00 e. The first kappa shape index (κ1) is 48.3. The molecule has 1 unspecified atom stereocenters. The van der Waals surface area contributed by atoms with Gasteiger partial charge in [0, 0.05) is 67.0 Å². The molecule has 0 saturated heterocycles. The van der Waals surface area contributed by atoms with Gasteiger partial charge in [-0.25, -0.2) is 4.79 Å². The number of fused-ring (bicyclic) bond motifs is 2. The molecule has 0 aromatic heterocycles. The van der Waals surface area contributed by atoms with Crippen LogP contribution in [0.1, 0.15) is 96.6 Å². The van der Waals surface area contributed by atoms with E-state index >= 15 is 0 Å². The van der Waals surface area contributed by atoms with Gasteiger partial charge in [-0.1, -0.05) is 93.2 Å². The van der Waals surface area contributed by atoms with Crippen LogP contribution in [0.4, 0.5) is 16.2 Å². The molecule has 10 nitrogen and oxygen atoms in total.